The molecule has 18 nitrogen and oxygen atoms in total. The van der Waals surface area contributed by atoms with Crippen LogP contribution in [0.1, 0.15) is 229 Å². The topological polar surface area (TPSA) is 225 Å². The summed E-state index contributed by atoms with van der Waals surface area (Å²) >= 11 is 0. The highest BCUT2D eigenvalue weighted by molar-refractivity contribution is 8.76. The zero-order chi connectivity index (χ0) is 62.9. The van der Waals surface area contributed by atoms with Gasteiger partial charge in [0, 0.05) is 109 Å². The van der Waals surface area contributed by atoms with Gasteiger partial charge in [-0.1, -0.05) is 101 Å². The third-order valence-corrected chi connectivity index (χ3v) is 17.4. The molecular weight excluding hydrogens is 1120 g/mol. The SMILES string of the molecule is CC(C)CCOC(=O)CCCCCCC(O)CN(CCCCC(=O)OCCN1CCN(CCSSCCCCN(CC(O)CCCCC(=O)OC(C)C)CC(O)CCCCC(=O)OC(C)C)CC1)CC(O)CCCCCCC(=O)OCCC(C)C. The second-order valence-electron chi connectivity index (χ2n) is 25.1. The van der Waals surface area contributed by atoms with Crippen molar-refractivity contribution < 1.29 is 68.1 Å². The van der Waals surface area contributed by atoms with Crippen LogP contribution in [0.4, 0.5) is 0 Å². The third kappa shape index (κ3) is 52.2. The van der Waals surface area contributed by atoms with Gasteiger partial charge in [0.25, 0.3) is 0 Å². The van der Waals surface area contributed by atoms with Crippen molar-refractivity contribution in [2.75, 3.05) is 110 Å². The lowest BCUT2D eigenvalue weighted by Crippen LogP contribution is -2.47. The summed E-state index contributed by atoms with van der Waals surface area (Å²) in [6.07, 6.45) is 16.7. The Hall–Kier alpha value is -2.27. The lowest BCUT2D eigenvalue weighted by atomic mass is 10.1. The van der Waals surface area contributed by atoms with Crippen LogP contribution in [0, 0.1) is 11.8 Å². The number of carbonyl (C=O) groups excluding carboxylic acids is 5. The highest BCUT2D eigenvalue weighted by Gasteiger charge is 2.21. The first-order valence-corrected chi connectivity index (χ1v) is 35.9. The minimum absolute atomic E-state index is 0.135. The van der Waals surface area contributed by atoms with Gasteiger partial charge < -0.3 is 44.1 Å². The molecule has 0 amide bonds. The summed E-state index contributed by atoms with van der Waals surface area (Å²) in [5.74, 6) is 2.18. The Balaban J connectivity index is 2.41. The predicted molar refractivity (Wildman–Crippen MR) is 344 cm³/mol. The van der Waals surface area contributed by atoms with Crippen LogP contribution in [0.25, 0.3) is 0 Å². The zero-order valence-electron chi connectivity index (χ0n) is 54.7. The summed E-state index contributed by atoms with van der Waals surface area (Å²) in [5, 5.41) is 43.9. The van der Waals surface area contributed by atoms with Gasteiger partial charge in [-0.3, -0.25) is 43.6 Å². The average Bonchev–Trinajstić information content (AvgIpc) is 3.45. The maximum atomic E-state index is 12.8. The van der Waals surface area contributed by atoms with Crippen molar-refractivity contribution in [1.82, 2.24) is 19.6 Å². The van der Waals surface area contributed by atoms with Gasteiger partial charge >= 0.3 is 29.8 Å². The van der Waals surface area contributed by atoms with Crippen molar-refractivity contribution >= 4 is 51.4 Å². The van der Waals surface area contributed by atoms with E-state index in [0.29, 0.717) is 148 Å². The summed E-state index contributed by atoms with van der Waals surface area (Å²) in [7, 11) is 3.80. The van der Waals surface area contributed by atoms with Crippen LogP contribution in [0.15, 0.2) is 0 Å². The van der Waals surface area contributed by atoms with E-state index >= 15 is 0 Å². The molecule has 0 bridgehead atoms. The van der Waals surface area contributed by atoms with Crippen LogP contribution in [0.5, 0.6) is 0 Å². The highest BCUT2D eigenvalue weighted by atomic mass is 33.1. The third-order valence-electron chi connectivity index (χ3n) is 15.0. The number of hydrogen-bond acceptors (Lipinski definition) is 20. The second-order valence-corrected chi connectivity index (χ2v) is 27.8. The van der Waals surface area contributed by atoms with Gasteiger partial charge in [-0.2, -0.15) is 0 Å². The largest absolute Gasteiger partial charge is 0.466 e. The van der Waals surface area contributed by atoms with E-state index in [1.165, 1.54) is 0 Å². The molecule has 0 radical (unpaired) electrons. The number of hydrogen-bond donors (Lipinski definition) is 4. The smallest absolute Gasteiger partial charge is 0.306 e. The molecule has 0 aromatic heterocycles. The van der Waals surface area contributed by atoms with Gasteiger partial charge in [0.15, 0.2) is 0 Å². The Labute approximate surface area is 523 Å². The van der Waals surface area contributed by atoms with Crippen molar-refractivity contribution in [3.8, 4) is 0 Å². The number of aliphatic hydroxyl groups excluding tert-OH is 4. The Morgan fingerprint density at radius 2 is 0.694 bits per heavy atom. The summed E-state index contributed by atoms with van der Waals surface area (Å²) in [6.45, 7) is 25.9. The van der Waals surface area contributed by atoms with Crippen molar-refractivity contribution in [3.05, 3.63) is 0 Å². The summed E-state index contributed by atoms with van der Waals surface area (Å²) < 4.78 is 26.8. The number of rotatable bonds is 57. The average molecular weight is 1250 g/mol. The van der Waals surface area contributed by atoms with Crippen LogP contribution < -0.4 is 0 Å². The van der Waals surface area contributed by atoms with Crippen LogP contribution in [0.2, 0.25) is 0 Å². The van der Waals surface area contributed by atoms with E-state index in [1.807, 2.05) is 49.3 Å². The van der Waals surface area contributed by atoms with Gasteiger partial charge in [-0.05, 0) is 143 Å². The fraction of sp³-hybridized carbons (Fsp3) is 0.923. The quantitative estimate of drug-likeness (QED) is 0.0192. The lowest BCUT2D eigenvalue weighted by Gasteiger charge is -2.34. The van der Waals surface area contributed by atoms with E-state index in [1.54, 1.807) is 0 Å². The molecule has 1 fully saturated rings. The monoisotopic (exact) mass is 1250 g/mol. The van der Waals surface area contributed by atoms with E-state index in [4.69, 9.17) is 23.7 Å². The van der Waals surface area contributed by atoms with Gasteiger partial charge in [0.1, 0.15) is 6.61 Å². The summed E-state index contributed by atoms with van der Waals surface area (Å²) in [4.78, 5) is 69.8. The number of esters is 5. The Morgan fingerprint density at radius 1 is 0.376 bits per heavy atom. The number of unbranched alkanes of at least 4 members (excludes halogenated alkanes) is 10. The molecule has 1 aliphatic heterocycles. The number of aliphatic hydroxyl groups is 4. The first kappa shape index (κ1) is 80.7. The van der Waals surface area contributed by atoms with E-state index in [2.05, 4.69) is 47.3 Å². The minimum atomic E-state index is -0.552. The maximum Gasteiger partial charge on any atom is 0.306 e. The second kappa shape index (κ2) is 53.6. The molecule has 4 atom stereocenters. The predicted octanol–water partition coefficient (Wildman–Crippen LogP) is 10.4. The van der Waals surface area contributed by atoms with Crippen molar-refractivity contribution in [1.29, 1.82) is 0 Å². The molecule has 20 heteroatoms. The standard InChI is InChI=1S/C65H124N4O14S2/c1-53(2)34-44-79-61(74)29-15-11-9-13-25-57(70)49-68(50-58(71)26-14-10-12-16-30-62(75)80-45-35-54(3)4)36-22-21-31-63(76)81-46-42-66-38-40-67(41-39-66)43-48-85-84-47-24-23-37-69(51-59(72)27-17-19-32-64(77)82-55(5)6)52-60(73)28-18-20-33-65(78)83-56(7)8/h53-60,70-73H,9-52H2,1-8H3. The van der Waals surface area contributed by atoms with Crippen molar-refractivity contribution in [2.24, 2.45) is 11.8 Å². The van der Waals surface area contributed by atoms with Gasteiger partial charge in [0.05, 0.1) is 49.8 Å². The Morgan fingerprint density at radius 3 is 1.09 bits per heavy atom. The molecule has 85 heavy (non-hydrogen) atoms. The van der Waals surface area contributed by atoms with Gasteiger partial charge in [-0.25, -0.2) is 0 Å². The molecule has 4 unspecified atom stereocenters. The number of carbonyl (C=O) groups is 5. The minimum Gasteiger partial charge on any atom is -0.466 e. The zero-order valence-corrected chi connectivity index (χ0v) is 56.3. The number of piperazine rings is 1. The van der Waals surface area contributed by atoms with Crippen LogP contribution in [0.3, 0.4) is 0 Å². The van der Waals surface area contributed by atoms with Crippen molar-refractivity contribution in [2.45, 2.75) is 265 Å². The van der Waals surface area contributed by atoms with E-state index in [-0.39, 0.29) is 42.1 Å². The molecule has 500 valence electrons. The molecule has 0 aromatic carbocycles. The van der Waals surface area contributed by atoms with Gasteiger partial charge in [-0.15, -0.1) is 0 Å². The Kier molecular flexibility index (Phi) is 50.9. The number of nitrogens with zero attached hydrogens (tertiary/aromatic N) is 4. The van der Waals surface area contributed by atoms with Gasteiger partial charge in [0.2, 0.25) is 0 Å². The molecule has 0 spiro atoms. The van der Waals surface area contributed by atoms with E-state index in [0.717, 1.165) is 147 Å². The van der Waals surface area contributed by atoms with Crippen LogP contribution in [-0.2, 0) is 47.7 Å². The molecule has 0 aliphatic carbocycles. The van der Waals surface area contributed by atoms with Crippen LogP contribution in [-0.4, -0.2) is 216 Å². The molecule has 0 saturated carbocycles. The highest BCUT2D eigenvalue weighted by Crippen LogP contribution is 2.23. The lowest BCUT2D eigenvalue weighted by molar-refractivity contribution is -0.148. The fourth-order valence-electron chi connectivity index (χ4n) is 9.96. The molecule has 1 aliphatic rings. The van der Waals surface area contributed by atoms with E-state index < -0.39 is 24.4 Å². The normalized spacial score (nSPS) is 14.8. The number of ether oxygens (including phenoxy) is 5. The molecular formula is C65H124N4O14S2. The molecule has 4 N–H and O–H groups in total. The van der Waals surface area contributed by atoms with E-state index in [9.17, 15) is 44.4 Å². The first-order valence-electron chi connectivity index (χ1n) is 33.4. The van der Waals surface area contributed by atoms with Crippen LogP contribution >= 0.6 is 21.6 Å². The summed E-state index contributed by atoms with van der Waals surface area (Å²) in [5.41, 5.74) is 0. The Bertz CT molecular complexity index is 1580. The molecule has 1 rings (SSSR count). The molecule has 1 saturated heterocycles. The first-order chi connectivity index (χ1) is 40.7. The summed E-state index contributed by atoms with van der Waals surface area (Å²) in [6, 6.07) is 0. The molecule has 0 aromatic rings. The molecule has 1 heterocycles. The fourth-order valence-corrected chi connectivity index (χ4v) is 12.1. The van der Waals surface area contributed by atoms with Crippen molar-refractivity contribution in [3.63, 3.8) is 0 Å². The maximum absolute atomic E-state index is 12.8.